The van der Waals surface area contributed by atoms with Crippen LogP contribution in [0.3, 0.4) is 0 Å². The Morgan fingerprint density at radius 3 is 2.34 bits per heavy atom. The largest absolute Gasteiger partial charge is 0.497 e. The quantitative estimate of drug-likeness (QED) is 0.578. The average molecular weight is 403 g/mol. The molecule has 0 radical (unpaired) electrons. The van der Waals surface area contributed by atoms with Gasteiger partial charge in [0.2, 0.25) is 0 Å². The fourth-order valence-electron chi connectivity index (χ4n) is 2.94. The summed E-state index contributed by atoms with van der Waals surface area (Å²) in [6.07, 6.45) is -0.707. The summed E-state index contributed by atoms with van der Waals surface area (Å²) in [7, 11) is 6.65. The predicted octanol–water partition coefficient (Wildman–Crippen LogP) is 2.79. The molecule has 0 aliphatic rings. The van der Waals surface area contributed by atoms with E-state index in [9.17, 15) is 9.90 Å². The number of hydrogen-bond donors (Lipinski definition) is 1. The van der Waals surface area contributed by atoms with Crippen LogP contribution >= 0.6 is 0 Å². The number of carbonyl (C=O) groups excluding carboxylic acids is 1. The number of likely N-dealkylation sites (N-methyl/N-ethyl adjacent to an activating group) is 1. The normalized spacial score (nSPS) is 11.8. The van der Waals surface area contributed by atoms with Gasteiger partial charge in [0.25, 0.3) is 0 Å². The van der Waals surface area contributed by atoms with Crippen molar-refractivity contribution in [3.8, 4) is 23.0 Å². The molecule has 7 nitrogen and oxygen atoms in total. The van der Waals surface area contributed by atoms with Crippen LogP contribution in [0, 0.1) is 0 Å². The molecule has 7 heteroatoms. The first-order valence-electron chi connectivity index (χ1n) is 9.27. The molecule has 0 aliphatic heterocycles. The van der Waals surface area contributed by atoms with Gasteiger partial charge in [0.05, 0.1) is 21.3 Å². The minimum absolute atomic E-state index is 0.0505. The fraction of sp³-hybridized carbons (Fsp3) is 0.409. The van der Waals surface area contributed by atoms with Gasteiger partial charge in [-0.15, -0.1) is 0 Å². The Morgan fingerprint density at radius 1 is 1.00 bits per heavy atom. The lowest BCUT2D eigenvalue weighted by Crippen LogP contribution is -2.32. The predicted molar refractivity (Wildman–Crippen MR) is 110 cm³/mol. The molecule has 29 heavy (non-hydrogen) atoms. The number of rotatable bonds is 11. The average Bonchev–Trinajstić information content (AvgIpc) is 2.72. The van der Waals surface area contributed by atoms with Gasteiger partial charge >= 0.3 is 0 Å². The van der Waals surface area contributed by atoms with Crippen LogP contribution in [0.2, 0.25) is 0 Å². The smallest absolute Gasteiger partial charge is 0.161 e. The van der Waals surface area contributed by atoms with Crippen LogP contribution in [0.4, 0.5) is 0 Å². The van der Waals surface area contributed by atoms with E-state index in [1.807, 2.05) is 30.1 Å². The molecule has 0 heterocycles. The number of carbonyl (C=O) groups is 1. The maximum Gasteiger partial charge on any atom is 0.161 e. The number of ketones is 1. The van der Waals surface area contributed by atoms with E-state index in [0.29, 0.717) is 30.2 Å². The third-order valence-electron chi connectivity index (χ3n) is 4.46. The summed E-state index contributed by atoms with van der Waals surface area (Å²) in [5, 5.41) is 10.4. The van der Waals surface area contributed by atoms with Gasteiger partial charge in [0, 0.05) is 30.3 Å². The van der Waals surface area contributed by atoms with Gasteiger partial charge in [-0.05, 0) is 38.2 Å². The Labute approximate surface area is 171 Å². The summed E-state index contributed by atoms with van der Waals surface area (Å²) < 4.78 is 21.6. The number of hydrogen-bond acceptors (Lipinski definition) is 7. The first kappa shape index (κ1) is 22.5. The topological polar surface area (TPSA) is 77.5 Å². The molecular weight excluding hydrogens is 374 g/mol. The zero-order valence-electron chi connectivity index (χ0n) is 17.6. The lowest BCUT2D eigenvalue weighted by atomic mass is 10.1. The Bertz CT molecular complexity index is 823. The molecular formula is C22H29NO6. The van der Waals surface area contributed by atoms with Crippen LogP contribution in [0.5, 0.6) is 23.0 Å². The van der Waals surface area contributed by atoms with E-state index in [1.54, 1.807) is 32.4 Å². The number of benzene rings is 2. The molecule has 0 spiro atoms. The lowest BCUT2D eigenvalue weighted by Gasteiger charge is -2.22. The molecule has 0 amide bonds. The van der Waals surface area contributed by atoms with E-state index in [4.69, 9.17) is 18.9 Å². The van der Waals surface area contributed by atoms with Gasteiger partial charge in [0.15, 0.2) is 17.3 Å². The van der Waals surface area contributed by atoms with Crippen LogP contribution in [0.25, 0.3) is 0 Å². The summed E-state index contributed by atoms with van der Waals surface area (Å²) in [4.78, 5) is 13.5. The minimum Gasteiger partial charge on any atom is -0.497 e. The molecule has 0 unspecified atom stereocenters. The summed E-state index contributed by atoms with van der Waals surface area (Å²) in [6.45, 7) is 2.59. The Hall–Kier alpha value is -2.77. The van der Waals surface area contributed by atoms with Crippen LogP contribution in [0.15, 0.2) is 36.4 Å². The Balaban J connectivity index is 1.92. The van der Waals surface area contributed by atoms with Gasteiger partial charge in [-0.2, -0.15) is 0 Å². The first-order valence-corrected chi connectivity index (χ1v) is 9.27. The number of Topliss-reactive ketones (excluding diaryl/α,β-unsaturated/α-hetero) is 1. The minimum atomic E-state index is -0.707. The summed E-state index contributed by atoms with van der Waals surface area (Å²) in [5.74, 6) is 2.35. The number of aliphatic hydroxyl groups is 1. The lowest BCUT2D eigenvalue weighted by molar-refractivity contribution is 0.0730. The molecule has 1 N–H and O–H groups in total. The van der Waals surface area contributed by atoms with E-state index in [0.717, 1.165) is 17.1 Å². The van der Waals surface area contributed by atoms with Crippen LogP contribution in [-0.2, 0) is 6.54 Å². The summed E-state index contributed by atoms with van der Waals surface area (Å²) in [5.41, 5.74) is 1.54. The zero-order valence-corrected chi connectivity index (χ0v) is 17.6. The molecule has 2 aromatic rings. The molecule has 1 atom stereocenters. The summed E-state index contributed by atoms with van der Waals surface area (Å²) >= 11 is 0. The molecule has 0 bridgehead atoms. The van der Waals surface area contributed by atoms with Gasteiger partial charge in [0.1, 0.15) is 24.2 Å². The van der Waals surface area contributed by atoms with Crippen molar-refractivity contribution in [3.05, 3.63) is 47.5 Å². The van der Waals surface area contributed by atoms with Crippen molar-refractivity contribution < 1.29 is 28.8 Å². The maximum atomic E-state index is 11.5. The number of ether oxygens (including phenoxy) is 4. The third-order valence-corrected chi connectivity index (χ3v) is 4.46. The highest BCUT2D eigenvalue weighted by molar-refractivity contribution is 5.94. The van der Waals surface area contributed by atoms with Crippen LogP contribution in [-0.4, -0.2) is 63.4 Å². The second kappa shape index (κ2) is 10.7. The van der Waals surface area contributed by atoms with Gasteiger partial charge in [-0.3, -0.25) is 9.69 Å². The van der Waals surface area contributed by atoms with Crippen LogP contribution in [0.1, 0.15) is 22.8 Å². The molecule has 0 aromatic heterocycles. The highest BCUT2D eigenvalue weighted by Crippen LogP contribution is 2.28. The van der Waals surface area contributed by atoms with Gasteiger partial charge < -0.3 is 24.1 Å². The number of nitrogens with zero attached hydrogens (tertiary/aromatic N) is 1. The second-order valence-electron chi connectivity index (χ2n) is 6.76. The van der Waals surface area contributed by atoms with E-state index < -0.39 is 6.10 Å². The number of aliphatic hydroxyl groups excluding tert-OH is 1. The SMILES string of the molecule is COc1ccc(CN(C)C[C@H](O)COc2ccc(C(C)=O)cc2OC)c(OC)c1. The van der Waals surface area contributed by atoms with Crippen molar-refractivity contribution in [2.45, 2.75) is 19.6 Å². The van der Waals surface area contributed by atoms with Crippen molar-refractivity contribution >= 4 is 5.78 Å². The Kier molecular flexibility index (Phi) is 8.30. The van der Waals surface area contributed by atoms with Crippen molar-refractivity contribution in [2.24, 2.45) is 0 Å². The zero-order chi connectivity index (χ0) is 21.4. The van der Waals surface area contributed by atoms with Crippen molar-refractivity contribution in [3.63, 3.8) is 0 Å². The highest BCUT2D eigenvalue weighted by Gasteiger charge is 2.14. The molecule has 158 valence electrons. The van der Waals surface area contributed by atoms with Gasteiger partial charge in [-0.25, -0.2) is 0 Å². The number of methoxy groups -OCH3 is 3. The first-order chi connectivity index (χ1) is 13.9. The van der Waals surface area contributed by atoms with E-state index in [1.165, 1.54) is 14.0 Å². The van der Waals surface area contributed by atoms with Crippen LogP contribution < -0.4 is 18.9 Å². The Morgan fingerprint density at radius 2 is 1.72 bits per heavy atom. The molecule has 2 rings (SSSR count). The van der Waals surface area contributed by atoms with Gasteiger partial charge in [-0.1, -0.05) is 6.07 Å². The molecule has 0 aliphatic carbocycles. The summed E-state index contributed by atoms with van der Waals surface area (Å²) in [6, 6.07) is 10.6. The van der Waals surface area contributed by atoms with E-state index in [2.05, 4.69) is 0 Å². The monoisotopic (exact) mass is 403 g/mol. The second-order valence-corrected chi connectivity index (χ2v) is 6.76. The van der Waals surface area contributed by atoms with E-state index >= 15 is 0 Å². The fourth-order valence-corrected chi connectivity index (χ4v) is 2.94. The molecule has 0 fully saturated rings. The third kappa shape index (κ3) is 6.37. The standard InChI is InChI=1S/C22H29NO6/c1-15(24)16-7-9-20(22(10-16)28-5)29-14-18(25)13-23(2)12-17-6-8-19(26-3)11-21(17)27-4/h6-11,18,25H,12-14H2,1-5H3/t18-/m0/s1. The van der Waals surface area contributed by atoms with Crippen molar-refractivity contribution in [1.29, 1.82) is 0 Å². The maximum absolute atomic E-state index is 11.5. The molecule has 0 saturated carbocycles. The molecule has 0 saturated heterocycles. The van der Waals surface area contributed by atoms with E-state index in [-0.39, 0.29) is 12.4 Å². The molecule has 2 aromatic carbocycles. The van der Waals surface area contributed by atoms with Crippen molar-refractivity contribution in [2.75, 3.05) is 41.5 Å². The van der Waals surface area contributed by atoms with Crippen molar-refractivity contribution in [1.82, 2.24) is 4.90 Å². The highest BCUT2D eigenvalue weighted by atomic mass is 16.5.